The molecule has 1 aliphatic carbocycles. The van der Waals surface area contributed by atoms with E-state index < -0.39 is 30.1 Å². The molecule has 0 radical (unpaired) electrons. The van der Waals surface area contributed by atoms with Gasteiger partial charge in [0.25, 0.3) is 5.91 Å². The van der Waals surface area contributed by atoms with Crippen LogP contribution >= 0.6 is 11.8 Å². The van der Waals surface area contributed by atoms with Crippen molar-refractivity contribution in [3.8, 4) is 0 Å². The Bertz CT molecular complexity index is 887. The summed E-state index contributed by atoms with van der Waals surface area (Å²) in [5, 5.41) is 3.31. The molecule has 0 aromatic rings. The molecule has 0 aromatic heterocycles. The fraction of sp³-hybridized carbons (Fsp3) is 0.696. The van der Waals surface area contributed by atoms with Crippen molar-refractivity contribution >= 4 is 41.5 Å². The molecule has 1 saturated carbocycles. The average molecular weight is 496 g/mol. The van der Waals surface area contributed by atoms with Crippen LogP contribution in [0, 0.1) is 11.3 Å². The Morgan fingerprint density at radius 3 is 2.47 bits per heavy atom. The van der Waals surface area contributed by atoms with Crippen molar-refractivity contribution in [2.24, 2.45) is 11.3 Å². The van der Waals surface area contributed by atoms with Gasteiger partial charge in [-0.15, -0.1) is 0 Å². The Labute approximate surface area is 203 Å². The monoisotopic (exact) mass is 495 g/mol. The maximum Gasteiger partial charge on any atom is 0.333 e. The van der Waals surface area contributed by atoms with Gasteiger partial charge in [-0.1, -0.05) is 32.5 Å². The third kappa shape index (κ3) is 5.73. The van der Waals surface area contributed by atoms with Crippen LogP contribution in [0.25, 0.3) is 0 Å². The summed E-state index contributed by atoms with van der Waals surface area (Å²) in [7, 11) is 1.26. The molecule has 1 spiro atoms. The van der Waals surface area contributed by atoms with Gasteiger partial charge in [-0.25, -0.2) is 9.59 Å². The highest BCUT2D eigenvalue weighted by molar-refractivity contribution is 8.04. The molecule has 0 unspecified atom stereocenters. The number of thioether (sulfide) groups is 1. The molecule has 0 atom stereocenters. The predicted molar refractivity (Wildman–Crippen MR) is 124 cm³/mol. The maximum absolute atomic E-state index is 13.0. The number of nitrogens with zero attached hydrogens (tertiary/aromatic N) is 2. The third-order valence-electron chi connectivity index (χ3n) is 6.74. The second-order valence-electron chi connectivity index (χ2n) is 9.96. The normalized spacial score (nSPS) is 26.4. The minimum Gasteiger partial charge on any atom is -0.466 e. The number of urea groups is 1. The summed E-state index contributed by atoms with van der Waals surface area (Å²) in [6.07, 6.45) is 4.41. The molecule has 188 valence electrons. The van der Waals surface area contributed by atoms with Gasteiger partial charge in [-0.3, -0.25) is 19.3 Å². The largest absolute Gasteiger partial charge is 0.466 e. The molecule has 0 aromatic carbocycles. The van der Waals surface area contributed by atoms with Crippen LogP contribution in [-0.2, 0) is 28.7 Å². The summed E-state index contributed by atoms with van der Waals surface area (Å²) in [4.78, 5) is 63.6. The molecule has 11 heteroatoms. The quantitative estimate of drug-likeness (QED) is 0.246. The van der Waals surface area contributed by atoms with Gasteiger partial charge >= 0.3 is 18.0 Å². The molecule has 2 heterocycles. The first-order valence-electron chi connectivity index (χ1n) is 11.5. The SMILES string of the molecule is COC(=O)/C=C1/SCC(=O)N1CCCOC(=O)CN1C(=O)NC2(CCC(C(C)(C)C)CC2)C1=O. The fourth-order valence-electron chi connectivity index (χ4n) is 4.65. The number of methoxy groups -OCH3 is 1. The van der Waals surface area contributed by atoms with Crippen LogP contribution in [0.3, 0.4) is 0 Å². The number of esters is 2. The second-order valence-corrected chi connectivity index (χ2v) is 11.0. The lowest BCUT2D eigenvalue weighted by atomic mass is 9.67. The Balaban J connectivity index is 1.46. The van der Waals surface area contributed by atoms with E-state index >= 15 is 0 Å². The summed E-state index contributed by atoms with van der Waals surface area (Å²) in [6.45, 7) is 6.39. The van der Waals surface area contributed by atoms with Crippen LogP contribution in [0.1, 0.15) is 52.9 Å². The fourth-order valence-corrected chi connectivity index (χ4v) is 5.60. The molecule has 2 aliphatic heterocycles. The first-order valence-corrected chi connectivity index (χ1v) is 12.5. The molecular formula is C23H33N3O7S. The second kappa shape index (κ2) is 10.4. The lowest BCUT2D eigenvalue weighted by Crippen LogP contribution is -2.50. The number of carbonyl (C=O) groups is 5. The molecule has 4 amide bonds. The third-order valence-corrected chi connectivity index (χ3v) is 7.76. The van der Waals surface area contributed by atoms with Gasteiger partial charge in [-0.05, 0) is 43.4 Å². The van der Waals surface area contributed by atoms with Gasteiger partial charge in [0.05, 0.1) is 30.6 Å². The van der Waals surface area contributed by atoms with Gasteiger partial charge in [-0.2, -0.15) is 0 Å². The summed E-state index contributed by atoms with van der Waals surface area (Å²) in [5.41, 5.74) is -0.778. The minimum atomic E-state index is -0.921. The number of hydrogen-bond donors (Lipinski definition) is 1. The van der Waals surface area contributed by atoms with Crippen LogP contribution < -0.4 is 5.32 Å². The molecule has 2 saturated heterocycles. The molecule has 3 rings (SSSR count). The van der Waals surface area contributed by atoms with Crippen molar-refractivity contribution in [2.75, 3.05) is 32.6 Å². The number of amides is 4. The van der Waals surface area contributed by atoms with Crippen LogP contribution in [0.2, 0.25) is 0 Å². The van der Waals surface area contributed by atoms with Gasteiger partial charge in [0.1, 0.15) is 12.1 Å². The van der Waals surface area contributed by atoms with Gasteiger partial charge < -0.3 is 19.7 Å². The van der Waals surface area contributed by atoms with E-state index in [0.29, 0.717) is 30.2 Å². The van der Waals surface area contributed by atoms with E-state index in [4.69, 9.17) is 4.74 Å². The zero-order valence-electron chi connectivity index (χ0n) is 20.2. The molecular weight excluding hydrogens is 462 g/mol. The number of carbonyl (C=O) groups excluding carboxylic acids is 5. The number of imide groups is 1. The lowest BCUT2D eigenvalue weighted by Gasteiger charge is -2.40. The van der Waals surface area contributed by atoms with Crippen molar-refractivity contribution in [2.45, 2.75) is 58.4 Å². The Morgan fingerprint density at radius 1 is 1.18 bits per heavy atom. The summed E-state index contributed by atoms with van der Waals surface area (Å²) in [5.74, 6) is -1.03. The molecule has 3 aliphatic rings. The van der Waals surface area contributed by atoms with E-state index in [1.807, 2.05) is 0 Å². The topological polar surface area (TPSA) is 122 Å². The highest BCUT2D eigenvalue weighted by Crippen LogP contribution is 2.43. The van der Waals surface area contributed by atoms with Gasteiger partial charge in [0.2, 0.25) is 5.91 Å². The standard InChI is InChI=1S/C23H33N3O7S/c1-22(2,3)15-6-8-23(9-7-15)20(30)26(21(31)24-23)13-19(29)33-11-5-10-25-16(27)14-34-17(25)12-18(28)32-4/h12,15H,5-11,13-14H2,1-4H3,(H,24,31)/b17-12+. The van der Waals surface area contributed by atoms with E-state index in [9.17, 15) is 24.0 Å². The van der Waals surface area contributed by atoms with Gasteiger partial charge in [0.15, 0.2) is 0 Å². The highest BCUT2D eigenvalue weighted by Gasteiger charge is 2.53. The molecule has 0 bridgehead atoms. The van der Waals surface area contributed by atoms with Crippen molar-refractivity contribution in [3.05, 3.63) is 11.1 Å². The molecule has 3 fully saturated rings. The van der Waals surface area contributed by atoms with E-state index in [1.165, 1.54) is 29.8 Å². The predicted octanol–water partition coefficient (Wildman–Crippen LogP) is 2.04. The minimum absolute atomic E-state index is 0.0147. The van der Waals surface area contributed by atoms with E-state index in [-0.39, 0.29) is 36.1 Å². The summed E-state index contributed by atoms with van der Waals surface area (Å²) >= 11 is 1.24. The lowest BCUT2D eigenvalue weighted by molar-refractivity contribution is -0.148. The van der Waals surface area contributed by atoms with E-state index in [2.05, 4.69) is 30.8 Å². The van der Waals surface area contributed by atoms with E-state index in [0.717, 1.165) is 17.7 Å². The van der Waals surface area contributed by atoms with Crippen molar-refractivity contribution < 1.29 is 33.4 Å². The number of hydrogen-bond acceptors (Lipinski definition) is 8. The van der Waals surface area contributed by atoms with Crippen molar-refractivity contribution in [1.82, 2.24) is 15.1 Å². The van der Waals surface area contributed by atoms with Crippen molar-refractivity contribution in [1.29, 1.82) is 0 Å². The van der Waals surface area contributed by atoms with E-state index in [1.54, 1.807) is 0 Å². The molecule has 1 N–H and O–H groups in total. The zero-order chi connectivity index (χ0) is 25.1. The summed E-state index contributed by atoms with van der Waals surface area (Å²) in [6, 6.07) is -0.562. The number of ether oxygens (including phenoxy) is 2. The number of rotatable bonds is 7. The smallest absolute Gasteiger partial charge is 0.333 e. The van der Waals surface area contributed by atoms with Crippen LogP contribution in [0.4, 0.5) is 4.79 Å². The van der Waals surface area contributed by atoms with Crippen LogP contribution in [-0.4, -0.2) is 77.7 Å². The van der Waals surface area contributed by atoms with Crippen LogP contribution in [0.15, 0.2) is 11.1 Å². The van der Waals surface area contributed by atoms with Gasteiger partial charge in [0, 0.05) is 6.54 Å². The number of nitrogens with one attached hydrogen (secondary N) is 1. The molecule has 34 heavy (non-hydrogen) atoms. The highest BCUT2D eigenvalue weighted by atomic mass is 32.2. The maximum atomic E-state index is 13.0. The first kappa shape index (κ1) is 26.1. The molecule has 10 nitrogen and oxygen atoms in total. The zero-order valence-corrected chi connectivity index (χ0v) is 21.0. The van der Waals surface area contributed by atoms with Crippen LogP contribution in [0.5, 0.6) is 0 Å². The summed E-state index contributed by atoms with van der Waals surface area (Å²) < 4.78 is 9.80. The Morgan fingerprint density at radius 2 is 1.85 bits per heavy atom. The Hall–Kier alpha value is -2.56. The average Bonchev–Trinajstić information content (AvgIpc) is 3.22. The first-order chi connectivity index (χ1) is 16.0. The Kier molecular flexibility index (Phi) is 7.95. The van der Waals surface area contributed by atoms with Crippen molar-refractivity contribution in [3.63, 3.8) is 0 Å².